The molecule has 0 saturated carbocycles. The molecule has 0 aliphatic rings. The van der Waals surface area contributed by atoms with Crippen LogP contribution < -0.4 is 0 Å². The first-order valence-electron chi connectivity index (χ1n) is 4.82. The summed E-state index contributed by atoms with van der Waals surface area (Å²) in [5, 5.41) is 14.5. The van der Waals surface area contributed by atoms with Crippen molar-refractivity contribution in [2.75, 3.05) is 0 Å². The van der Waals surface area contributed by atoms with E-state index in [1.165, 1.54) is 0 Å². The van der Waals surface area contributed by atoms with Gasteiger partial charge in [-0.05, 0) is 13.0 Å². The van der Waals surface area contributed by atoms with Gasteiger partial charge in [0.15, 0.2) is 5.65 Å². The third-order valence-corrected chi connectivity index (χ3v) is 3.45. The van der Waals surface area contributed by atoms with Gasteiger partial charge in [0.05, 0.1) is 12.3 Å². The van der Waals surface area contributed by atoms with Gasteiger partial charge in [-0.25, -0.2) is 9.50 Å². The van der Waals surface area contributed by atoms with Crippen LogP contribution in [-0.4, -0.2) is 31.1 Å². The lowest BCUT2D eigenvalue weighted by Crippen LogP contribution is -2.15. The van der Waals surface area contributed by atoms with E-state index in [9.17, 15) is 5.11 Å². The molecule has 0 spiro atoms. The van der Waals surface area contributed by atoms with E-state index < -0.39 is 0 Å². The third-order valence-electron chi connectivity index (χ3n) is 2.22. The van der Waals surface area contributed by atoms with Crippen molar-refractivity contribution in [3.05, 3.63) is 24.5 Å². The van der Waals surface area contributed by atoms with Gasteiger partial charge in [0.25, 0.3) is 0 Å². The summed E-state index contributed by atoms with van der Waals surface area (Å²) in [6.45, 7) is 3.77. The highest BCUT2D eigenvalue weighted by Gasteiger charge is 2.11. The van der Waals surface area contributed by atoms with Crippen molar-refractivity contribution in [1.29, 1.82) is 0 Å². The molecule has 1 N–H and O–H groups in total. The Kier molecular flexibility index (Phi) is 2.93. The fourth-order valence-electron chi connectivity index (χ4n) is 1.15. The minimum atomic E-state index is -0.335. The molecule has 0 amide bonds. The topological polar surface area (TPSA) is 50.4 Å². The van der Waals surface area contributed by atoms with E-state index in [-0.39, 0.29) is 11.4 Å². The summed E-state index contributed by atoms with van der Waals surface area (Å²) in [7, 11) is 0. The Morgan fingerprint density at radius 3 is 2.93 bits per heavy atom. The molecule has 0 radical (unpaired) electrons. The van der Waals surface area contributed by atoms with Gasteiger partial charge in [0.1, 0.15) is 5.03 Å². The fraction of sp³-hybridized carbons (Fsp3) is 0.400. The minimum Gasteiger partial charge on any atom is -0.392 e. The first-order chi connectivity index (χ1) is 7.16. The van der Waals surface area contributed by atoms with Gasteiger partial charge in [0.2, 0.25) is 0 Å². The first-order valence-corrected chi connectivity index (χ1v) is 5.70. The van der Waals surface area contributed by atoms with Crippen molar-refractivity contribution in [3.63, 3.8) is 0 Å². The zero-order chi connectivity index (χ0) is 10.8. The molecule has 0 bridgehead atoms. The standard InChI is InChI=1S/C10H13N3OS/c1-7(14)8(2)15-10-4-6-13-9(12-10)3-5-11-13/h3-8,14H,1-2H3. The van der Waals surface area contributed by atoms with E-state index in [4.69, 9.17) is 0 Å². The second-order valence-corrected chi connectivity index (χ2v) is 4.86. The van der Waals surface area contributed by atoms with Gasteiger partial charge >= 0.3 is 0 Å². The largest absolute Gasteiger partial charge is 0.392 e. The summed E-state index contributed by atoms with van der Waals surface area (Å²) in [6, 6.07) is 3.76. The van der Waals surface area contributed by atoms with E-state index in [1.54, 1.807) is 29.4 Å². The smallest absolute Gasteiger partial charge is 0.156 e. The van der Waals surface area contributed by atoms with Gasteiger partial charge in [0, 0.05) is 17.5 Å². The lowest BCUT2D eigenvalue weighted by molar-refractivity contribution is 0.196. The van der Waals surface area contributed by atoms with Crippen molar-refractivity contribution in [2.24, 2.45) is 0 Å². The molecule has 2 heterocycles. The third kappa shape index (κ3) is 2.30. The zero-order valence-corrected chi connectivity index (χ0v) is 9.48. The average molecular weight is 223 g/mol. The second kappa shape index (κ2) is 4.20. The van der Waals surface area contributed by atoms with Gasteiger partial charge in [-0.15, -0.1) is 11.8 Å². The van der Waals surface area contributed by atoms with Crippen molar-refractivity contribution in [1.82, 2.24) is 14.6 Å². The van der Waals surface area contributed by atoms with E-state index in [0.717, 1.165) is 10.7 Å². The molecule has 0 fully saturated rings. The van der Waals surface area contributed by atoms with Crippen LogP contribution in [0.3, 0.4) is 0 Å². The van der Waals surface area contributed by atoms with Crippen molar-refractivity contribution >= 4 is 17.4 Å². The van der Waals surface area contributed by atoms with Gasteiger partial charge in [-0.3, -0.25) is 0 Å². The number of aliphatic hydroxyl groups excluding tert-OH is 1. The number of hydrogen-bond acceptors (Lipinski definition) is 4. The number of aliphatic hydroxyl groups is 1. The highest BCUT2D eigenvalue weighted by molar-refractivity contribution is 7.99. The van der Waals surface area contributed by atoms with Crippen LogP contribution in [0.1, 0.15) is 13.8 Å². The molecule has 2 aromatic heterocycles. The van der Waals surface area contributed by atoms with Crippen LogP contribution in [0.4, 0.5) is 0 Å². The van der Waals surface area contributed by atoms with Crippen LogP contribution in [-0.2, 0) is 0 Å². The average Bonchev–Trinajstić information content (AvgIpc) is 2.64. The molecule has 2 atom stereocenters. The Morgan fingerprint density at radius 1 is 1.40 bits per heavy atom. The summed E-state index contributed by atoms with van der Waals surface area (Å²) < 4.78 is 1.72. The van der Waals surface area contributed by atoms with Gasteiger partial charge in [-0.2, -0.15) is 5.10 Å². The van der Waals surface area contributed by atoms with Crippen LogP contribution in [0.2, 0.25) is 0 Å². The summed E-state index contributed by atoms with van der Waals surface area (Å²) in [5.74, 6) is 0. The molecule has 80 valence electrons. The predicted molar refractivity (Wildman–Crippen MR) is 60.0 cm³/mol. The van der Waals surface area contributed by atoms with E-state index in [2.05, 4.69) is 10.1 Å². The van der Waals surface area contributed by atoms with E-state index in [1.807, 2.05) is 25.3 Å². The Hall–Kier alpha value is -1.07. The highest BCUT2D eigenvalue weighted by atomic mass is 32.2. The molecule has 0 saturated heterocycles. The normalized spacial score (nSPS) is 15.4. The minimum absolute atomic E-state index is 0.142. The molecule has 0 aromatic carbocycles. The van der Waals surface area contributed by atoms with Crippen molar-refractivity contribution in [2.45, 2.75) is 30.2 Å². The SMILES string of the molecule is CC(O)C(C)Sc1ccn2nccc2n1. The summed E-state index contributed by atoms with van der Waals surface area (Å²) in [5.41, 5.74) is 0.831. The molecule has 5 heteroatoms. The molecule has 0 aliphatic carbocycles. The Labute approximate surface area is 92.3 Å². The zero-order valence-electron chi connectivity index (χ0n) is 8.66. The van der Waals surface area contributed by atoms with Gasteiger partial charge in [-0.1, -0.05) is 6.92 Å². The molecular weight excluding hydrogens is 210 g/mol. The van der Waals surface area contributed by atoms with Crippen LogP contribution in [0.25, 0.3) is 5.65 Å². The number of thioether (sulfide) groups is 1. The van der Waals surface area contributed by atoms with E-state index in [0.29, 0.717) is 0 Å². The van der Waals surface area contributed by atoms with Crippen LogP contribution in [0.5, 0.6) is 0 Å². The molecule has 2 unspecified atom stereocenters. The number of hydrogen-bond donors (Lipinski definition) is 1. The van der Waals surface area contributed by atoms with Crippen molar-refractivity contribution in [3.8, 4) is 0 Å². The van der Waals surface area contributed by atoms with Crippen LogP contribution in [0, 0.1) is 0 Å². The maximum absolute atomic E-state index is 9.39. The Bertz CT molecular complexity index is 455. The second-order valence-electron chi connectivity index (χ2n) is 3.46. The molecule has 15 heavy (non-hydrogen) atoms. The van der Waals surface area contributed by atoms with Gasteiger partial charge < -0.3 is 5.11 Å². The lowest BCUT2D eigenvalue weighted by Gasteiger charge is -2.12. The summed E-state index contributed by atoms with van der Waals surface area (Å²) in [4.78, 5) is 4.41. The summed E-state index contributed by atoms with van der Waals surface area (Å²) >= 11 is 1.57. The quantitative estimate of drug-likeness (QED) is 0.634. The summed E-state index contributed by atoms with van der Waals surface area (Å²) in [6.07, 6.45) is 3.26. The number of rotatable bonds is 3. The van der Waals surface area contributed by atoms with Crippen LogP contribution in [0.15, 0.2) is 29.6 Å². The fourth-order valence-corrected chi connectivity index (χ4v) is 2.01. The predicted octanol–water partition coefficient (Wildman–Crippen LogP) is 1.59. The highest BCUT2D eigenvalue weighted by Crippen LogP contribution is 2.23. The lowest BCUT2D eigenvalue weighted by atomic mass is 10.3. The molecule has 4 nitrogen and oxygen atoms in total. The Morgan fingerprint density at radius 2 is 2.20 bits per heavy atom. The number of nitrogens with zero attached hydrogens (tertiary/aromatic N) is 3. The molecule has 2 aromatic rings. The number of aromatic nitrogens is 3. The van der Waals surface area contributed by atoms with Crippen molar-refractivity contribution < 1.29 is 5.11 Å². The molecular formula is C10H13N3OS. The van der Waals surface area contributed by atoms with Crippen LogP contribution >= 0.6 is 11.8 Å². The maximum Gasteiger partial charge on any atom is 0.156 e. The van der Waals surface area contributed by atoms with E-state index >= 15 is 0 Å². The monoisotopic (exact) mass is 223 g/mol. The maximum atomic E-state index is 9.39. The molecule has 0 aliphatic heterocycles. The number of fused-ring (bicyclic) bond motifs is 1. The Balaban J connectivity index is 2.21. The first kappa shape index (κ1) is 10.4. The molecule has 2 rings (SSSR count).